The van der Waals surface area contributed by atoms with Gasteiger partial charge in [-0.15, -0.1) is 0 Å². The van der Waals surface area contributed by atoms with E-state index in [1.807, 2.05) is 0 Å². The smallest absolute Gasteiger partial charge is 0.337 e. The summed E-state index contributed by atoms with van der Waals surface area (Å²) in [6, 6.07) is 2.15. The molecule has 2 N–H and O–H groups in total. The van der Waals surface area contributed by atoms with E-state index in [0.717, 1.165) is 25.4 Å². The lowest BCUT2D eigenvalue weighted by atomic mass is 10.1. The lowest BCUT2D eigenvalue weighted by Crippen LogP contribution is -2.50. The highest BCUT2D eigenvalue weighted by atomic mass is 32.2. The van der Waals surface area contributed by atoms with Crippen molar-refractivity contribution < 1.29 is 27.9 Å². The zero-order chi connectivity index (χ0) is 15.6. The predicted octanol–water partition coefficient (Wildman–Crippen LogP) is 0.00970. The van der Waals surface area contributed by atoms with E-state index in [9.17, 15) is 18.0 Å². The topological polar surface area (TPSA) is 123 Å². The minimum absolute atomic E-state index is 0.142. The molecule has 9 heteroatoms. The van der Waals surface area contributed by atoms with Crippen LogP contribution < -0.4 is 4.72 Å². The van der Waals surface area contributed by atoms with Gasteiger partial charge in [-0.3, -0.25) is 4.79 Å². The number of ether oxygens (including phenoxy) is 1. The Labute approximate surface area is 115 Å². The largest absolute Gasteiger partial charge is 0.478 e. The Morgan fingerprint density at radius 2 is 1.95 bits per heavy atom. The molecule has 0 aliphatic rings. The highest BCUT2D eigenvalue weighted by Crippen LogP contribution is 2.13. The third-order valence-electron chi connectivity index (χ3n) is 2.34. The minimum Gasteiger partial charge on any atom is -0.478 e. The number of sulfonamides is 1. The first-order valence-electron chi connectivity index (χ1n) is 5.42. The van der Waals surface area contributed by atoms with Crippen molar-refractivity contribution in [3.63, 3.8) is 0 Å². The molecule has 110 valence electrons. The maximum atomic E-state index is 12.0. The zero-order valence-electron chi connectivity index (χ0n) is 11.1. The Bertz CT molecular complexity index is 621. The lowest BCUT2D eigenvalue weighted by molar-refractivity contribution is -0.146. The number of nitrogens with one attached hydrogen (secondary N) is 1. The van der Waals surface area contributed by atoms with Gasteiger partial charge in [0.2, 0.25) is 0 Å². The van der Waals surface area contributed by atoms with Gasteiger partial charge in [0, 0.05) is 6.20 Å². The number of aromatic carboxylic acids is 1. The third-order valence-corrected chi connectivity index (χ3v) is 3.92. The average Bonchev–Trinajstić information content (AvgIpc) is 2.36. The number of hydrogen-bond donors (Lipinski definition) is 2. The van der Waals surface area contributed by atoms with Crippen LogP contribution in [-0.2, 0) is 19.6 Å². The Morgan fingerprint density at radius 1 is 1.35 bits per heavy atom. The first kappa shape index (κ1) is 16.1. The molecule has 0 saturated heterocycles. The van der Waals surface area contributed by atoms with Gasteiger partial charge >= 0.3 is 11.9 Å². The maximum absolute atomic E-state index is 12.0. The number of carboxylic acid groups (broad SMARTS) is 1. The van der Waals surface area contributed by atoms with E-state index in [1.165, 1.54) is 13.8 Å². The first-order chi connectivity index (χ1) is 9.10. The first-order valence-corrected chi connectivity index (χ1v) is 6.90. The molecule has 0 aliphatic carbocycles. The van der Waals surface area contributed by atoms with Crippen molar-refractivity contribution in [3.05, 3.63) is 23.9 Å². The van der Waals surface area contributed by atoms with E-state index in [0.29, 0.717) is 0 Å². The van der Waals surface area contributed by atoms with Gasteiger partial charge in [0.1, 0.15) is 5.54 Å². The van der Waals surface area contributed by atoms with E-state index in [-0.39, 0.29) is 10.6 Å². The number of carbonyl (C=O) groups excluding carboxylic acids is 1. The van der Waals surface area contributed by atoms with Crippen LogP contribution in [0, 0.1) is 0 Å². The summed E-state index contributed by atoms with van der Waals surface area (Å²) in [6.45, 7) is 2.67. The van der Waals surface area contributed by atoms with Gasteiger partial charge in [0.15, 0.2) is 5.03 Å². The molecule has 0 amide bonds. The standard InChI is InChI=1S/C11H14N2O6S/c1-11(2,10(16)19-3)13-20(17,18)8-5-4-7(6-12-8)9(14)15/h4-6,13H,1-3H3,(H,14,15). The summed E-state index contributed by atoms with van der Waals surface area (Å²) in [5.41, 5.74) is -1.61. The summed E-state index contributed by atoms with van der Waals surface area (Å²) in [5, 5.41) is 8.31. The number of hydrogen-bond acceptors (Lipinski definition) is 6. The van der Waals surface area contributed by atoms with E-state index in [4.69, 9.17) is 5.11 Å². The molecule has 1 aromatic rings. The fraction of sp³-hybridized carbons (Fsp3) is 0.364. The fourth-order valence-electron chi connectivity index (χ4n) is 1.35. The number of carbonyl (C=O) groups is 2. The summed E-state index contributed by atoms with van der Waals surface area (Å²) in [5.74, 6) is -1.98. The molecule has 0 spiro atoms. The van der Waals surface area contributed by atoms with Crippen LogP contribution in [-0.4, -0.2) is 43.1 Å². The second-order valence-electron chi connectivity index (χ2n) is 4.41. The summed E-state index contributed by atoms with van der Waals surface area (Å²) in [4.78, 5) is 25.6. The van der Waals surface area contributed by atoms with Crippen LogP contribution in [0.2, 0.25) is 0 Å². The fourth-order valence-corrected chi connectivity index (χ4v) is 2.65. The van der Waals surface area contributed by atoms with Crippen LogP contribution in [0.1, 0.15) is 24.2 Å². The van der Waals surface area contributed by atoms with E-state index < -0.39 is 27.5 Å². The van der Waals surface area contributed by atoms with Crippen molar-refractivity contribution >= 4 is 22.0 Å². The van der Waals surface area contributed by atoms with E-state index >= 15 is 0 Å². The SMILES string of the molecule is COC(=O)C(C)(C)NS(=O)(=O)c1ccc(C(=O)O)cn1. The molecule has 1 heterocycles. The zero-order valence-corrected chi connectivity index (χ0v) is 11.9. The van der Waals surface area contributed by atoms with Crippen molar-refractivity contribution in [1.29, 1.82) is 0 Å². The molecule has 0 atom stereocenters. The van der Waals surface area contributed by atoms with Gasteiger partial charge in [-0.2, -0.15) is 4.72 Å². The highest BCUT2D eigenvalue weighted by molar-refractivity contribution is 7.89. The second kappa shape index (κ2) is 5.55. The summed E-state index contributed by atoms with van der Waals surface area (Å²) < 4.78 is 30.7. The van der Waals surface area contributed by atoms with Gasteiger partial charge < -0.3 is 9.84 Å². The molecule has 0 bridgehead atoms. The second-order valence-corrected chi connectivity index (χ2v) is 6.04. The molecule has 20 heavy (non-hydrogen) atoms. The summed E-state index contributed by atoms with van der Waals surface area (Å²) >= 11 is 0. The van der Waals surface area contributed by atoms with Crippen LogP contribution in [0.25, 0.3) is 0 Å². The Kier molecular flexibility index (Phi) is 4.46. The molecule has 1 rings (SSSR count). The van der Waals surface area contributed by atoms with Gasteiger partial charge in [-0.05, 0) is 26.0 Å². The normalized spacial score (nSPS) is 11.9. The molecule has 0 aromatic carbocycles. The highest BCUT2D eigenvalue weighted by Gasteiger charge is 2.34. The van der Waals surface area contributed by atoms with Gasteiger partial charge in [-0.25, -0.2) is 18.2 Å². The number of pyridine rings is 1. The number of nitrogens with zero attached hydrogens (tertiary/aromatic N) is 1. The quantitative estimate of drug-likeness (QED) is 0.734. The van der Waals surface area contributed by atoms with Crippen LogP contribution in [0.15, 0.2) is 23.4 Å². The van der Waals surface area contributed by atoms with Crippen LogP contribution in [0.3, 0.4) is 0 Å². The van der Waals surface area contributed by atoms with Gasteiger partial charge in [0.05, 0.1) is 12.7 Å². The van der Waals surface area contributed by atoms with Crippen molar-refractivity contribution in [2.75, 3.05) is 7.11 Å². The van der Waals surface area contributed by atoms with E-state index in [2.05, 4.69) is 14.4 Å². The van der Waals surface area contributed by atoms with Crippen LogP contribution in [0.5, 0.6) is 0 Å². The molecule has 8 nitrogen and oxygen atoms in total. The van der Waals surface area contributed by atoms with E-state index in [1.54, 1.807) is 0 Å². The predicted molar refractivity (Wildman–Crippen MR) is 67.6 cm³/mol. The Balaban J connectivity index is 3.05. The third kappa shape index (κ3) is 3.52. The maximum Gasteiger partial charge on any atom is 0.337 e. The summed E-state index contributed by atoms with van der Waals surface area (Å²) in [7, 11) is -2.93. The van der Waals surface area contributed by atoms with Crippen molar-refractivity contribution in [1.82, 2.24) is 9.71 Å². The number of carboxylic acids is 1. The molecular formula is C11H14N2O6S. The molecule has 0 aliphatic heterocycles. The Hall–Kier alpha value is -2.00. The summed E-state index contributed by atoms with van der Waals surface area (Å²) in [6.07, 6.45) is 0.919. The molecule has 0 unspecified atom stereocenters. The van der Waals surface area contributed by atoms with Gasteiger partial charge in [0.25, 0.3) is 10.0 Å². The molecule has 1 aromatic heterocycles. The van der Waals surface area contributed by atoms with Crippen molar-refractivity contribution in [2.24, 2.45) is 0 Å². The van der Waals surface area contributed by atoms with Crippen molar-refractivity contribution in [2.45, 2.75) is 24.4 Å². The number of rotatable bonds is 5. The number of esters is 1. The van der Waals surface area contributed by atoms with Crippen molar-refractivity contribution in [3.8, 4) is 0 Å². The minimum atomic E-state index is -4.07. The number of aromatic nitrogens is 1. The number of methoxy groups -OCH3 is 1. The molecule has 0 saturated carbocycles. The average molecular weight is 302 g/mol. The monoisotopic (exact) mass is 302 g/mol. The van der Waals surface area contributed by atoms with Gasteiger partial charge in [-0.1, -0.05) is 0 Å². The molecule has 0 fully saturated rings. The lowest BCUT2D eigenvalue weighted by Gasteiger charge is -2.22. The van der Waals surface area contributed by atoms with Crippen LogP contribution >= 0.6 is 0 Å². The molecule has 0 radical (unpaired) electrons. The van der Waals surface area contributed by atoms with Crippen LogP contribution in [0.4, 0.5) is 0 Å². The molecular weight excluding hydrogens is 288 g/mol. The Morgan fingerprint density at radius 3 is 2.35 bits per heavy atom.